The maximum Gasteiger partial charge on any atom is 0.290 e. The summed E-state index contributed by atoms with van der Waals surface area (Å²) in [4.78, 5) is 43.9. The zero-order valence-electron chi connectivity index (χ0n) is 19.7. The molecule has 0 aliphatic heterocycles. The van der Waals surface area contributed by atoms with Gasteiger partial charge in [-0.1, -0.05) is 43.0 Å². The molecule has 8 nitrogen and oxygen atoms in total. The summed E-state index contributed by atoms with van der Waals surface area (Å²) in [6.07, 6.45) is 2.30. The third-order valence-electron chi connectivity index (χ3n) is 5.52. The lowest BCUT2D eigenvalue weighted by Gasteiger charge is -2.12. The Morgan fingerprint density at radius 1 is 0.943 bits per heavy atom. The Bertz CT molecular complexity index is 1480. The second kappa shape index (κ2) is 10.5. The molecule has 0 bridgehead atoms. The monoisotopic (exact) mass is 487 g/mol. The van der Waals surface area contributed by atoms with Gasteiger partial charge in [0.05, 0.1) is 10.9 Å². The smallest absolute Gasteiger partial charge is 0.267 e. The topological polar surface area (TPSA) is 106 Å². The molecule has 2 aromatic heterocycles. The highest BCUT2D eigenvalue weighted by molar-refractivity contribution is 7.99. The standard InChI is InChI=1S/C26H25N5O3S/c1-4-14-31-26(34)20-9-6-5-8-19(20)22(30-31)24(33)29-28-23(32)21-10-7-13-27-25(21)35-18-12-11-16(2)17(3)15-18/h5-13,15H,4,14H2,1-3H3,(H,28,32)(H,29,33). The number of aryl methyl sites for hydroxylation is 3. The van der Waals surface area contributed by atoms with Gasteiger partial charge in [-0.3, -0.25) is 25.2 Å². The first-order chi connectivity index (χ1) is 16.9. The maximum absolute atomic E-state index is 13.0. The number of benzene rings is 2. The highest BCUT2D eigenvalue weighted by Gasteiger charge is 2.19. The Morgan fingerprint density at radius 3 is 2.43 bits per heavy atom. The summed E-state index contributed by atoms with van der Waals surface area (Å²) < 4.78 is 1.28. The van der Waals surface area contributed by atoms with E-state index in [-0.39, 0.29) is 11.3 Å². The molecule has 178 valence electrons. The summed E-state index contributed by atoms with van der Waals surface area (Å²) in [5, 5.41) is 5.59. The van der Waals surface area contributed by atoms with E-state index < -0.39 is 11.8 Å². The largest absolute Gasteiger partial charge is 0.290 e. The van der Waals surface area contributed by atoms with Crippen LogP contribution in [-0.2, 0) is 6.54 Å². The predicted molar refractivity (Wildman–Crippen MR) is 136 cm³/mol. The van der Waals surface area contributed by atoms with Crippen molar-refractivity contribution in [2.75, 3.05) is 0 Å². The van der Waals surface area contributed by atoms with Gasteiger partial charge < -0.3 is 0 Å². The van der Waals surface area contributed by atoms with Crippen molar-refractivity contribution in [2.45, 2.75) is 43.7 Å². The third-order valence-corrected chi connectivity index (χ3v) is 6.52. The van der Waals surface area contributed by atoms with Crippen LogP contribution in [-0.4, -0.2) is 26.6 Å². The van der Waals surface area contributed by atoms with Crippen LogP contribution in [0.15, 0.2) is 75.5 Å². The molecule has 0 atom stereocenters. The second-order valence-electron chi connectivity index (χ2n) is 8.03. The van der Waals surface area contributed by atoms with Crippen molar-refractivity contribution in [3.05, 3.63) is 93.5 Å². The molecular weight excluding hydrogens is 462 g/mol. The molecule has 9 heteroatoms. The van der Waals surface area contributed by atoms with Crippen molar-refractivity contribution < 1.29 is 9.59 Å². The van der Waals surface area contributed by atoms with Crippen molar-refractivity contribution in [3.8, 4) is 0 Å². The van der Waals surface area contributed by atoms with E-state index in [2.05, 4.69) is 20.9 Å². The van der Waals surface area contributed by atoms with Gasteiger partial charge in [-0.15, -0.1) is 0 Å². The van der Waals surface area contributed by atoms with Crippen LogP contribution < -0.4 is 16.4 Å². The quantitative estimate of drug-likeness (QED) is 0.398. The Balaban J connectivity index is 1.55. The molecule has 0 aliphatic rings. The molecule has 0 spiro atoms. The van der Waals surface area contributed by atoms with E-state index in [4.69, 9.17) is 0 Å². The lowest BCUT2D eigenvalue weighted by atomic mass is 10.1. The van der Waals surface area contributed by atoms with Crippen LogP contribution in [0.3, 0.4) is 0 Å². The first-order valence-electron chi connectivity index (χ1n) is 11.2. The molecule has 2 heterocycles. The molecule has 0 radical (unpaired) electrons. The number of hydrazine groups is 1. The van der Waals surface area contributed by atoms with Gasteiger partial charge in [0, 0.05) is 23.0 Å². The first-order valence-corrected chi connectivity index (χ1v) is 12.0. The van der Waals surface area contributed by atoms with E-state index in [1.807, 2.05) is 39.0 Å². The number of hydrogen-bond acceptors (Lipinski definition) is 6. The molecule has 0 fully saturated rings. The molecule has 2 amide bonds. The fourth-order valence-corrected chi connectivity index (χ4v) is 4.52. The zero-order chi connectivity index (χ0) is 24.9. The van der Waals surface area contributed by atoms with E-state index in [0.29, 0.717) is 34.3 Å². The Hall–Kier alpha value is -3.98. The van der Waals surface area contributed by atoms with E-state index in [0.717, 1.165) is 10.5 Å². The fraction of sp³-hybridized carbons (Fsp3) is 0.192. The Kier molecular flexibility index (Phi) is 7.26. The Morgan fingerprint density at radius 2 is 1.69 bits per heavy atom. The number of carbonyl (C=O) groups is 2. The van der Waals surface area contributed by atoms with Crippen molar-refractivity contribution in [3.63, 3.8) is 0 Å². The minimum atomic E-state index is -0.619. The van der Waals surface area contributed by atoms with Crippen LogP contribution in [0.1, 0.15) is 45.3 Å². The number of nitrogens with zero attached hydrogens (tertiary/aromatic N) is 3. The number of pyridine rings is 1. The summed E-state index contributed by atoms with van der Waals surface area (Å²) >= 11 is 1.37. The predicted octanol–water partition coefficient (Wildman–Crippen LogP) is 4.04. The fourth-order valence-electron chi connectivity index (χ4n) is 3.54. The average Bonchev–Trinajstić information content (AvgIpc) is 2.87. The number of nitrogens with one attached hydrogen (secondary N) is 2. The van der Waals surface area contributed by atoms with Crippen LogP contribution in [0.5, 0.6) is 0 Å². The van der Waals surface area contributed by atoms with Gasteiger partial charge in [-0.25, -0.2) is 9.67 Å². The maximum atomic E-state index is 13.0. The van der Waals surface area contributed by atoms with Gasteiger partial charge in [0.15, 0.2) is 5.69 Å². The lowest BCUT2D eigenvalue weighted by molar-refractivity contribution is 0.0841. The minimum absolute atomic E-state index is 0.0601. The molecule has 0 saturated heterocycles. The van der Waals surface area contributed by atoms with Gasteiger partial charge in [0.2, 0.25) is 0 Å². The molecule has 2 aromatic carbocycles. The van der Waals surface area contributed by atoms with Crippen LogP contribution in [0.4, 0.5) is 0 Å². The van der Waals surface area contributed by atoms with Crippen LogP contribution in [0.2, 0.25) is 0 Å². The summed E-state index contributed by atoms with van der Waals surface area (Å²) in [5.74, 6) is -1.13. The van der Waals surface area contributed by atoms with Gasteiger partial charge >= 0.3 is 0 Å². The van der Waals surface area contributed by atoms with Crippen molar-refractivity contribution >= 4 is 34.3 Å². The van der Waals surface area contributed by atoms with Crippen molar-refractivity contribution in [2.24, 2.45) is 0 Å². The molecular formula is C26H25N5O3S. The number of amides is 2. The molecule has 35 heavy (non-hydrogen) atoms. The summed E-state index contributed by atoms with van der Waals surface area (Å²) in [6.45, 7) is 6.37. The second-order valence-corrected chi connectivity index (χ2v) is 9.10. The number of rotatable bonds is 6. The summed E-state index contributed by atoms with van der Waals surface area (Å²) in [5.41, 5.74) is 7.34. The lowest BCUT2D eigenvalue weighted by Crippen LogP contribution is -2.43. The summed E-state index contributed by atoms with van der Waals surface area (Å²) in [6, 6.07) is 16.1. The van der Waals surface area contributed by atoms with Crippen LogP contribution in [0, 0.1) is 13.8 Å². The van der Waals surface area contributed by atoms with E-state index in [9.17, 15) is 14.4 Å². The van der Waals surface area contributed by atoms with Crippen molar-refractivity contribution in [1.82, 2.24) is 25.6 Å². The number of carbonyl (C=O) groups excluding carboxylic acids is 2. The highest BCUT2D eigenvalue weighted by atomic mass is 32.2. The number of fused-ring (bicyclic) bond motifs is 1. The first kappa shape index (κ1) is 24.2. The molecule has 0 unspecified atom stereocenters. The molecule has 4 rings (SSSR count). The number of aromatic nitrogens is 3. The third kappa shape index (κ3) is 5.25. The van der Waals surface area contributed by atoms with E-state index in [1.165, 1.54) is 22.0 Å². The molecule has 0 aliphatic carbocycles. The van der Waals surface area contributed by atoms with E-state index in [1.54, 1.807) is 42.6 Å². The van der Waals surface area contributed by atoms with E-state index >= 15 is 0 Å². The molecule has 4 aromatic rings. The van der Waals surface area contributed by atoms with Gasteiger partial charge in [-0.2, -0.15) is 5.10 Å². The van der Waals surface area contributed by atoms with Gasteiger partial charge in [0.1, 0.15) is 5.03 Å². The summed E-state index contributed by atoms with van der Waals surface area (Å²) in [7, 11) is 0. The number of hydrogen-bond donors (Lipinski definition) is 2. The normalized spacial score (nSPS) is 10.8. The zero-order valence-corrected chi connectivity index (χ0v) is 20.5. The van der Waals surface area contributed by atoms with Crippen molar-refractivity contribution in [1.29, 1.82) is 0 Å². The highest BCUT2D eigenvalue weighted by Crippen LogP contribution is 2.29. The van der Waals surface area contributed by atoms with Gasteiger partial charge in [0.25, 0.3) is 17.4 Å². The molecule has 0 saturated carbocycles. The SMILES string of the molecule is CCCn1nc(C(=O)NNC(=O)c2cccnc2Sc2ccc(C)c(C)c2)c2ccccc2c1=O. The minimum Gasteiger partial charge on any atom is -0.267 e. The van der Waals surface area contributed by atoms with Gasteiger partial charge in [-0.05, 0) is 61.7 Å². The average molecular weight is 488 g/mol. The van der Waals surface area contributed by atoms with Crippen LogP contribution in [0.25, 0.3) is 10.8 Å². The molecule has 2 N–H and O–H groups in total. The Labute approximate surface area is 206 Å². The van der Waals surface area contributed by atoms with Crippen LogP contribution >= 0.6 is 11.8 Å².